The van der Waals surface area contributed by atoms with Gasteiger partial charge >= 0.3 is 6.09 Å². The van der Waals surface area contributed by atoms with Crippen LogP contribution in [-0.2, 0) is 9.53 Å². The topological polar surface area (TPSA) is 79.5 Å². The number of carbonyl (C=O) groups is 2. The van der Waals surface area contributed by atoms with E-state index in [9.17, 15) is 9.59 Å². The van der Waals surface area contributed by atoms with Gasteiger partial charge in [-0.2, -0.15) is 0 Å². The molecular formula is C17H25Cl2N3O3. The van der Waals surface area contributed by atoms with Crippen molar-refractivity contribution in [1.29, 1.82) is 0 Å². The molecule has 1 aromatic rings. The number of alkyl carbamates (subject to hydrolysis) is 1. The normalized spacial score (nSPS) is 12.5. The minimum atomic E-state index is -0.742. The average Bonchev–Trinajstić information content (AvgIpc) is 2.42. The second kappa shape index (κ2) is 9.15. The van der Waals surface area contributed by atoms with Crippen LogP contribution in [0.1, 0.15) is 41.0 Å². The van der Waals surface area contributed by atoms with Gasteiger partial charge in [-0.25, -0.2) is 4.79 Å². The molecule has 6 nitrogen and oxygen atoms in total. The van der Waals surface area contributed by atoms with Crippen molar-refractivity contribution in [2.75, 3.05) is 5.43 Å². The summed E-state index contributed by atoms with van der Waals surface area (Å²) >= 11 is 11.9. The van der Waals surface area contributed by atoms with Crippen LogP contribution in [0.2, 0.25) is 10.0 Å². The molecule has 0 aliphatic rings. The lowest BCUT2D eigenvalue weighted by atomic mass is 10.0. The zero-order chi connectivity index (χ0) is 19.2. The first kappa shape index (κ1) is 21.4. The molecule has 0 aliphatic carbocycles. The van der Waals surface area contributed by atoms with Crippen LogP contribution in [-0.4, -0.2) is 23.6 Å². The lowest BCUT2D eigenvalue weighted by Gasteiger charge is -2.24. The van der Waals surface area contributed by atoms with Gasteiger partial charge in [0.15, 0.2) is 0 Å². The third kappa shape index (κ3) is 8.31. The van der Waals surface area contributed by atoms with Crippen LogP contribution < -0.4 is 16.2 Å². The van der Waals surface area contributed by atoms with E-state index < -0.39 is 23.6 Å². The minimum absolute atomic E-state index is 0.199. The highest BCUT2D eigenvalue weighted by atomic mass is 35.5. The number of benzene rings is 1. The molecule has 0 aromatic heterocycles. The quantitative estimate of drug-likeness (QED) is 0.630. The number of hydrogen-bond donors (Lipinski definition) is 3. The van der Waals surface area contributed by atoms with Gasteiger partial charge in [0.2, 0.25) is 0 Å². The van der Waals surface area contributed by atoms with Crippen molar-refractivity contribution < 1.29 is 14.3 Å². The van der Waals surface area contributed by atoms with E-state index in [0.717, 1.165) is 0 Å². The van der Waals surface area contributed by atoms with E-state index in [1.54, 1.807) is 39.0 Å². The molecule has 0 radical (unpaired) electrons. The first-order valence-electron chi connectivity index (χ1n) is 7.98. The van der Waals surface area contributed by atoms with Crippen LogP contribution >= 0.6 is 23.2 Å². The van der Waals surface area contributed by atoms with Crippen molar-refractivity contribution >= 4 is 40.9 Å². The van der Waals surface area contributed by atoms with Crippen molar-refractivity contribution in [1.82, 2.24) is 10.7 Å². The van der Waals surface area contributed by atoms with Crippen LogP contribution in [0.4, 0.5) is 10.5 Å². The molecule has 1 aromatic carbocycles. The van der Waals surface area contributed by atoms with E-state index in [4.69, 9.17) is 27.9 Å². The van der Waals surface area contributed by atoms with Crippen LogP contribution in [0.15, 0.2) is 18.2 Å². The predicted octanol–water partition coefficient (Wildman–Crippen LogP) is 4.38. The Morgan fingerprint density at radius 3 is 2.36 bits per heavy atom. The Morgan fingerprint density at radius 1 is 1.20 bits per heavy atom. The number of anilines is 1. The van der Waals surface area contributed by atoms with E-state index in [1.165, 1.54) is 0 Å². The Hall–Kier alpha value is -1.66. The Bertz CT molecular complexity index is 616. The summed E-state index contributed by atoms with van der Waals surface area (Å²) in [5.41, 5.74) is 5.14. The Morgan fingerprint density at radius 2 is 1.84 bits per heavy atom. The fourth-order valence-corrected chi connectivity index (χ4v) is 2.42. The number of nitrogens with one attached hydrogen (secondary N) is 3. The van der Waals surface area contributed by atoms with Crippen molar-refractivity contribution in [3.05, 3.63) is 28.2 Å². The van der Waals surface area contributed by atoms with Gasteiger partial charge in [-0.1, -0.05) is 37.0 Å². The summed E-state index contributed by atoms with van der Waals surface area (Å²) in [6.07, 6.45) is -0.181. The molecule has 3 N–H and O–H groups in total. The molecular weight excluding hydrogens is 365 g/mol. The van der Waals surface area contributed by atoms with Gasteiger partial charge in [-0.15, -0.1) is 0 Å². The Labute approximate surface area is 158 Å². The van der Waals surface area contributed by atoms with Crippen molar-refractivity contribution in [2.24, 2.45) is 5.92 Å². The molecule has 1 unspecified atom stereocenters. The van der Waals surface area contributed by atoms with Gasteiger partial charge in [0.25, 0.3) is 5.91 Å². The standard InChI is InChI=1S/C17H25Cl2N3O3/c1-10(2)8-14(20-16(24)25-17(3,4)5)15(23)22-21-13-7-6-11(18)9-12(13)19/h6-7,9-10,14,21H,8H2,1-5H3,(H,20,24)(H,22,23). The second-order valence-electron chi connectivity index (χ2n) is 7.07. The number of rotatable bonds is 6. The first-order valence-corrected chi connectivity index (χ1v) is 8.74. The lowest BCUT2D eigenvalue weighted by Crippen LogP contribution is -2.50. The van der Waals surface area contributed by atoms with Crippen molar-refractivity contribution in [2.45, 2.75) is 52.7 Å². The largest absolute Gasteiger partial charge is 0.444 e. The highest BCUT2D eigenvalue weighted by Crippen LogP contribution is 2.24. The van der Waals surface area contributed by atoms with Crippen LogP contribution in [0, 0.1) is 5.92 Å². The molecule has 0 bridgehead atoms. The minimum Gasteiger partial charge on any atom is -0.444 e. The van der Waals surface area contributed by atoms with E-state index in [-0.39, 0.29) is 5.92 Å². The van der Waals surface area contributed by atoms with E-state index in [1.807, 2.05) is 13.8 Å². The molecule has 0 heterocycles. The first-order chi connectivity index (χ1) is 11.5. The molecule has 1 rings (SSSR count). The summed E-state index contributed by atoms with van der Waals surface area (Å²) in [7, 11) is 0. The van der Waals surface area contributed by atoms with Gasteiger partial charge < -0.3 is 10.1 Å². The van der Waals surface area contributed by atoms with Gasteiger partial charge in [0.05, 0.1) is 10.7 Å². The summed E-state index contributed by atoms with van der Waals surface area (Å²) in [4.78, 5) is 24.4. The van der Waals surface area contributed by atoms with Gasteiger partial charge in [-0.05, 0) is 51.3 Å². The summed E-state index contributed by atoms with van der Waals surface area (Å²) in [5.74, 6) is -0.199. The van der Waals surface area contributed by atoms with Gasteiger partial charge in [-0.3, -0.25) is 15.6 Å². The molecule has 25 heavy (non-hydrogen) atoms. The van der Waals surface area contributed by atoms with E-state index >= 15 is 0 Å². The monoisotopic (exact) mass is 389 g/mol. The maximum atomic E-state index is 12.4. The summed E-state index contributed by atoms with van der Waals surface area (Å²) in [6.45, 7) is 9.19. The molecule has 0 saturated heterocycles. The van der Waals surface area contributed by atoms with E-state index in [0.29, 0.717) is 22.2 Å². The summed E-state index contributed by atoms with van der Waals surface area (Å²) < 4.78 is 5.21. The molecule has 2 amide bonds. The zero-order valence-corrected chi connectivity index (χ0v) is 16.6. The fraction of sp³-hybridized carbons (Fsp3) is 0.529. The molecule has 8 heteroatoms. The Balaban J connectivity index is 2.71. The van der Waals surface area contributed by atoms with Crippen molar-refractivity contribution in [3.63, 3.8) is 0 Å². The molecule has 0 fully saturated rings. The smallest absolute Gasteiger partial charge is 0.408 e. The third-order valence-corrected chi connectivity index (χ3v) is 3.51. The fourth-order valence-electron chi connectivity index (χ4n) is 1.96. The SMILES string of the molecule is CC(C)CC(NC(=O)OC(C)(C)C)C(=O)NNc1ccc(Cl)cc1Cl. The van der Waals surface area contributed by atoms with Crippen LogP contribution in [0.25, 0.3) is 0 Å². The van der Waals surface area contributed by atoms with Crippen LogP contribution in [0.3, 0.4) is 0 Å². The summed E-state index contributed by atoms with van der Waals surface area (Å²) in [5, 5.41) is 3.46. The number of amides is 2. The predicted molar refractivity (Wildman–Crippen MR) is 101 cm³/mol. The zero-order valence-electron chi connectivity index (χ0n) is 15.1. The third-order valence-electron chi connectivity index (χ3n) is 2.97. The summed E-state index contributed by atoms with van der Waals surface area (Å²) in [6, 6.07) is 4.10. The van der Waals surface area contributed by atoms with E-state index in [2.05, 4.69) is 16.2 Å². The number of halogens is 2. The maximum absolute atomic E-state index is 12.4. The lowest BCUT2D eigenvalue weighted by molar-refractivity contribution is -0.123. The molecule has 0 aliphatic heterocycles. The number of hydrogen-bond acceptors (Lipinski definition) is 4. The van der Waals surface area contributed by atoms with Gasteiger partial charge in [0.1, 0.15) is 11.6 Å². The van der Waals surface area contributed by atoms with Gasteiger partial charge in [0, 0.05) is 5.02 Å². The highest BCUT2D eigenvalue weighted by molar-refractivity contribution is 6.36. The molecule has 0 spiro atoms. The highest BCUT2D eigenvalue weighted by Gasteiger charge is 2.25. The molecule has 0 saturated carbocycles. The number of ether oxygens (including phenoxy) is 1. The molecule has 1 atom stereocenters. The second-order valence-corrected chi connectivity index (χ2v) is 7.91. The maximum Gasteiger partial charge on any atom is 0.408 e. The number of hydrazine groups is 1. The van der Waals surface area contributed by atoms with Crippen LogP contribution in [0.5, 0.6) is 0 Å². The number of carbonyl (C=O) groups excluding carboxylic acids is 2. The Kier molecular flexibility index (Phi) is 7.83. The average molecular weight is 390 g/mol. The van der Waals surface area contributed by atoms with Crippen molar-refractivity contribution in [3.8, 4) is 0 Å². The molecule has 140 valence electrons.